The molecule has 0 bridgehead atoms. The number of carbonyl (C=O) groups excluding carboxylic acids is 1. The van der Waals surface area contributed by atoms with Gasteiger partial charge in [0.05, 0.1) is 5.56 Å². The Morgan fingerprint density at radius 1 is 1.39 bits per heavy atom. The predicted molar refractivity (Wildman–Crippen MR) is 95.7 cm³/mol. The third-order valence-corrected chi connectivity index (χ3v) is 3.30. The van der Waals surface area contributed by atoms with Crippen molar-refractivity contribution in [2.75, 3.05) is 6.54 Å². The fourth-order valence-corrected chi connectivity index (χ4v) is 2.04. The zero-order valence-corrected chi connectivity index (χ0v) is 14.6. The minimum absolute atomic E-state index is 0. The van der Waals surface area contributed by atoms with Crippen molar-refractivity contribution in [1.29, 1.82) is 0 Å². The Hall–Kier alpha value is -1.63. The molecule has 2 heterocycles. The number of nitrogens with zero attached hydrogens (tertiary/aromatic N) is 3. The van der Waals surface area contributed by atoms with E-state index in [2.05, 4.69) is 22.2 Å². The Bertz CT molecular complexity index is 560. The van der Waals surface area contributed by atoms with E-state index in [9.17, 15) is 4.79 Å². The van der Waals surface area contributed by atoms with Gasteiger partial charge in [-0.2, -0.15) is 0 Å². The average Bonchev–Trinajstić information content (AvgIpc) is 3.05. The van der Waals surface area contributed by atoms with E-state index in [1.807, 2.05) is 0 Å². The second-order valence-corrected chi connectivity index (χ2v) is 4.92. The van der Waals surface area contributed by atoms with E-state index in [0.717, 1.165) is 25.1 Å². The highest BCUT2D eigenvalue weighted by Gasteiger charge is 2.12. The molecule has 0 saturated heterocycles. The minimum Gasteiger partial charge on any atom is -0.348 e. The molecule has 0 aliphatic carbocycles. The summed E-state index contributed by atoms with van der Waals surface area (Å²) >= 11 is 0. The SMILES string of the molecule is CCCCC(CN)NC(=O)c1ccc(-n2ccnc2)nc1.Cl.Cl. The number of hydrogen-bond donors (Lipinski definition) is 2. The fraction of sp³-hybridized carbons (Fsp3) is 0.400. The Labute approximate surface area is 148 Å². The van der Waals surface area contributed by atoms with Crippen molar-refractivity contribution in [2.24, 2.45) is 5.73 Å². The number of nitrogens with two attached hydrogens (primary N) is 1. The number of hydrogen-bond acceptors (Lipinski definition) is 4. The Morgan fingerprint density at radius 2 is 2.17 bits per heavy atom. The van der Waals surface area contributed by atoms with E-state index in [1.54, 1.807) is 41.6 Å². The predicted octanol–water partition coefficient (Wildman–Crippen LogP) is 2.36. The van der Waals surface area contributed by atoms with Gasteiger partial charge in [0.1, 0.15) is 12.1 Å². The summed E-state index contributed by atoms with van der Waals surface area (Å²) in [6.45, 7) is 2.57. The van der Waals surface area contributed by atoms with Crippen molar-refractivity contribution in [2.45, 2.75) is 32.2 Å². The lowest BCUT2D eigenvalue weighted by atomic mass is 10.1. The number of aromatic nitrogens is 3. The summed E-state index contributed by atoms with van der Waals surface area (Å²) in [6.07, 6.45) is 9.77. The van der Waals surface area contributed by atoms with Crippen LogP contribution in [0.5, 0.6) is 0 Å². The molecule has 0 radical (unpaired) electrons. The van der Waals surface area contributed by atoms with Crippen LogP contribution in [0.4, 0.5) is 0 Å². The molecule has 128 valence electrons. The van der Waals surface area contributed by atoms with Crippen LogP contribution >= 0.6 is 24.8 Å². The van der Waals surface area contributed by atoms with Crippen LogP contribution in [0.1, 0.15) is 36.5 Å². The van der Waals surface area contributed by atoms with E-state index >= 15 is 0 Å². The van der Waals surface area contributed by atoms with Gasteiger partial charge in [-0.05, 0) is 18.6 Å². The van der Waals surface area contributed by atoms with Crippen molar-refractivity contribution < 1.29 is 4.79 Å². The fourth-order valence-electron chi connectivity index (χ4n) is 2.04. The first kappa shape index (κ1) is 21.4. The number of carbonyl (C=O) groups is 1. The van der Waals surface area contributed by atoms with E-state index in [1.165, 1.54) is 0 Å². The lowest BCUT2D eigenvalue weighted by Crippen LogP contribution is -2.40. The van der Waals surface area contributed by atoms with Crippen LogP contribution in [-0.2, 0) is 0 Å². The van der Waals surface area contributed by atoms with Crippen molar-refractivity contribution >= 4 is 30.7 Å². The third-order valence-electron chi connectivity index (χ3n) is 3.30. The van der Waals surface area contributed by atoms with Gasteiger partial charge in [-0.15, -0.1) is 24.8 Å². The maximum Gasteiger partial charge on any atom is 0.253 e. The quantitative estimate of drug-likeness (QED) is 0.794. The van der Waals surface area contributed by atoms with Crippen molar-refractivity contribution in [3.05, 3.63) is 42.6 Å². The topological polar surface area (TPSA) is 85.8 Å². The van der Waals surface area contributed by atoms with E-state index in [4.69, 9.17) is 5.73 Å². The first-order valence-electron chi connectivity index (χ1n) is 7.20. The number of halogens is 2. The van der Waals surface area contributed by atoms with Crippen molar-refractivity contribution in [3.63, 3.8) is 0 Å². The maximum atomic E-state index is 12.1. The highest BCUT2D eigenvalue weighted by molar-refractivity contribution is 5.94. The third kappa shape index (κ3) is 6.17. The number of nitrogens with one attached hydrogen (secondary N) is 1. The van der Waals surface area contributed by atoms with E-state index in [-0.39, 0.29) is 36.8 Å². The lowest BCUT2D eigenvalue weighted by Gasteiger charge is -2.16. The molecule has 6 nitrogen and oxygen atoms in total. The molecule has 8 heteroatoms. The molecule has 2 aromatic heterocycles. The zero-order valence-electron chi connectivity index (χ0n) is 13.0. The number of imidazole rings is 1. The molecule has 3 N–H and O–H groups in total. The lowest BCUT2D eigenvalue weighted by molar-refractivity contribution is 0.0935. The summed E-state index contributed by atoms with van der Waals surface area (Å²) < 4.78 is 1.78. The Kier molecular flexibility index (Phi) is 10.2. The molecule has 0 saturated carbocycles. The normalized spacial score (nSPS) is 11.0. The number of unbranched alkanes of at least 4 members (excludes halogenated alkanes) is 1. The summed E-state index contributed by atoms with van der Waals surface area (Å²) in [7, 11) is 0. The summed E-state index contributed by atoms with van der Waals surface area (Å²) in [5.74, 6) is 0.594. The molecule has 0 spiro atoms. The molecule has 1 atom stereocenters. The van der Waals surface area contributed by atoms with E-state index < -0.39 is 0 Å². The van der Waals surface area contributed by atoms with Crippen LogP contribution in [0.3, 0.4) is 0 Å². The van der Waals surface area contributed by atoms with Crippen molar-refractivity contribution in [3.8, 4) is 5.82 Å². The van der Waals surface area contributed by atoms with Crippen LogP contribution < -0.4 is 11.1 Å². The molecule has 2 aromatic rings. The molecule has 0 aliphatic rings. The van der Waals surface area contributed by atoms with Crippen LogP contribution in [0.25, 0.3) is 5.82 Å². The standard InChI is InChI=1S/C15H21N5O.2ClH/c1-2-3-4-13(9-16)19-15(21)12-5-6-14(18-10-12)20-8-7-17-11-20;;/h5-8,10-11,13H,2-4,9,16H2,1H3,(H,19,21);2*1H. The molecule has 0 fully saturated rings. The molecule has 0 aliphatic heterocycles. The molecular weight excluding hydrogens is 337 g/mol. The minimum atomic E-state index is -0.133. The van der Waals surface area contributed by atoms with Gasteiger partial charge in [0.25, 0.3) is 5.91 Å². The Morgan fingerprint density at radius 3 is 2.70 bits per heavy atom. The first-order chi connectivity index (χ1) is 10.2. The highest BCUT2D eigenvalue weighted by atomic mass is 35.5. The number of amides is 1. The summed E-state index contributed by atoms with van der Waals surface area (Å²) in [5.41, 5.74) is 6.22. The highest BCUT2D eigenvalue weighted by Crippen LogP contribution is 2.06. The first-order valence-corrected chi connectivity index (χ1v) is 7.20. The van der Waals surface area contributed by atoms with Gasteiger partial charge in [-0.1, -0.05) is 19.8 Å². The zero-order chi connectivity index (χ0) is 15.1. The van der Waals surface area contributed by atoms with Crippen LogP contribution in [0.2, 0.25) is 0 Å². The summed E-state index contributed by atoms with van der Waals surface area (Å²) in [6, 6.07) is 3.57. The van der Waals surface area contributed by atoms with Gasteiger partial charge in [0.15, 0.2) is 0 Å². The smallest absolute Gasteiger partial charge is 0.253 e. The Balaban J connectivity index is 0.00000242. The average molecular weight is 360 g/mol. The second kappa shape index (κ2) is 11.0. The maximum absolute atomic E-state index is 12.1. The largest absolute Gasteiger partial charge is 0.348 e. The molecule has 2 rings (SSSR count). The molecular formula is C15H23Cl2N5O. The van der Waals surface area contributed by atoms with Crippen LogP contribution in [0.15, 0.2) is 37.1 Å². The van der Waals surface area contributed by atoms with Gasteiger partial charge >= 0.3 is 0 Å². The van der Waals surface area contributed by atoms with Crippen LogP contribution in [0, 0.1) is 0 Å². The molecule has 1 amide bonds. The molecule has 1 unspecified atom stereocenters. The number of rotatable bonds is 7. The number of pyridine rings is 1. The van der Waals surface area contributed by atoms with Crippen molar-refractivity contribution in [1.82, 2.24) is 19.9 Å². The van der Waals surface area contributed by atoms with Gasteiger partial charge in [0, 0.05) is 31.2 Å². The van der Waals surface area contributed by atoms with Crippen LogP contribution in [-0.4, -0.2) is 33.0 Å². The summed E-state index contributed by atoms with van der Waals surface area (Å²) in [5, 5.41) is 2.95. The monoisotopic (exact) mass is 359 g/mol. The molecule has 0 aromatic carbocycles. The van der Waals surface area contributed by atoms with Gasteiger partial charge in [0.2, 0.25) is 0 Å². The molecule has 23 heavy (non-hydrogen) atoms. The van der Waals surface area contributed by atoms with E-state index in [0.29, 0.717) is 12.1 Å². The summed E-state index contributed by atoms with van der Waals surface area (Å²) in [4.78, 5) is 20.4. The second-order valence-electron chi connectivity index (χ2n) is 4.92. The van der Waals surface area contributed by atoms with Gasteiger partial charge < -0.3 is 11.1 Å². The van der Waals surface area contributed by atoms with Gasteiger partial charge in [-0.25, -0.2) is 9.97 Å². The van der Waals surface area contributed by atoms with Gasteiger partial charge in [-0.3, -0.25) is 9.36 Å².